The SMILES string of the molecule is O=C([O-])c1sc(/C=C/c2cccc(F)c2)nc1-c1ccccc1. The predicted molar refractivity (Wildman–Crippen MR) is 87.2 cm³/mol. The average Bonchev–Trinajstić information content (AvgIpc) is 2.98. The van der Waals surface area contributed by atoms with Crippen molar-refractivity contribution in [1.29, 1.82) is 0 Å². The lowest BCUT2D eigenvalue weighted by atomic mass is 10.1. The molecular formula is C18H11FNO2S-. The first kappa shape index (κ1) is 15.1. The lowest BCUT2D eigenvalue weighted by Gasteiger charge is -2.01. The van der Waals surface area contributed by atoms with Crippen LogP contribution in [0.5, 0.6) is 0 Å². The van der Waals surface area contributed by atoms with Gasteiger partial charge in [-0.25, -0.2) is 9.37 Å². The molecule has 0 fully saturated rings. The second-order valence-corrected chi connectivity index (χ2v) is 5.80. The van der Waals surface area contributed by atoms with Gasteiger partial charge in [0.1, 0.15) is 10.8 Å². The van der Waals surface area contributed by atoms with Crippen LogP contribution in [-0.4, -0.2) is 11.0 Å². The highest BCUT2D eigenvalue weighted by Crippen LogP contribution is 2.28. The third-order valence-electron chi connectivity index (χ3n) is 3.14. The highest BCUT2D eigenvalue weighted by Gasteiger charge is 2.12. The van der Waals surface area contributed by atoms with E-state index in [9.17, 15) is 14.3 Å². The van der Waals surface area contributed by atoms with E-state index in [0.717, 1.165) is 11.3 Å². The van der Waals surface area contributed by atoms with Gasteiger partial charge < -0.3 is 9.90 Å². The first-order valence-corrected chi connectivity index (χ1v) is 7.66. The Labute approximate surface area is 136 Å². The molecule has 3 nitrogen and oxygen atoms in total. The second kappa shape index (κ2) is 6.54. The Morgan fingerprint density at radius 3 is 2.57 bits per heavy atom. The zero-order chi connectivity index (χ0) is 16.2. The van der Waals surface area contributed by atoms with Crippen LogP contribution in [0.1, 0.15) is 20.2 Å². The van der Waals surface area contributed by atoms with E-state index in [-0.39, 0.29) is 10.7 Å². The summed E-state index contributed by atoms with van der Waals surface area (Å²) in [6.45, 7) is 0. The van der Waals surface area contributed by atoms with E-state index in [0.29, 0.717) is 21.8 Å². The van der Waals surface area contributed by atoms with Crippen molar-refractivity contribution in [2.24, 2.45) is 0 Å². The summed E-state index contributed by atoms with van der Waals surface area (Å²) in [6.07, 6.45) is 3.36. The molecule has 0 unspecified atom stereocenters. The molecule has 0 aliphatic carbocycles. The molecule has 1 aromatic heterocycles. The minimum Gasteiger partial charge on any atom is -0.544 e. The van der Waals surface area contributed by atoms with E-state index < -0.39 is 5.97 Å². The summed E-state index contributed by atoms with van der Waals surface area (Å²) in [5, 5.41) is 11.8. The maximum Gasteiger partial charge on any atom is 0.123 e. The molecule has 3 aromatic rings. The average molecular weight is 324 g/mol. The van der Waals surface area contributed by atoms with E-state index in [1.807, 2.05) is 18.2 Å². The van der Waals surface area contributed by atoms with Gasteiger partial charge in [-0.1, -0.05) is 48.5 Å². The molecule has 0 amide bonds. The topological polar surface area (TPSA) is 53.0 Å². The van der Waals surface area contributed by atoms with Gasteiger partial charge in [0.15, 0.2) is 0 Å². The molecule has 5 heteroatoms. The molecule has 2 aromatic carbocycles. The minimum absolute atomic E-state index is 0.0788. The Hall–Kier alpha value is -2.79. The molecule has 23 heavy (non-hydrogen) atoms. The third kappa shape index (κ3) is 3.52. The minimum atomic E-state index is -1.26. The van der Waals surface area contributed by atoms with Crippen LogP contribution < -0.4 is 5.11 Å². The largest absolute Gasteiger partial charge is 0.544 e. The summed E-state index contributed by atoms with van der Waals surface area (Å²) >= 11 is 1.03. The summed E-state index contributed by atoms with van der Waals surface area (Å²) in [4.78, 5) is 15.7. The van der Waals surface area contributed by atoms with Crippen molar-refractivity contribution in [3.05, 3.63) is 75.9 Å². The van der Waals surface area contributed by atoms with E-state index >= 15 is 0 Å². The van der Waals surface area contributed by atoms with Crippen LogP contribution in [0.4, 0.5) is 4.39 Å². The van der Waals surface area contributed by atoms with Gasteiger partial charge in [0.25, 0.3) is 0 Å². The molecule has 0 spiro atoms. The van der Waals surface area contributed by atoms with Crippen LogP contribution in [0.25, 0.3) is 23.4 Å². The zero-order valence-electron chi connectivity index (χ0n) is 11.9. The fourth-order valence-electron chi connectivity index (χ4n) is 2.12. The van der Waals surface area contributed by atoms with Gasteiger partial charge in [-0.05, 0) is 23.8 Å². The number of rotatable bonds is 4. The number of nitrogens with zero attached hydrogens (tertiary/aromatic N) is 1. The van der Waals surface area contributed by atoms with Gasteiger partial charge in [0.2, 0.25) is 0 Å². The molecule has 0 radical (unpaired) electrons. The first-order valence-electron chi connectivity index (χ1n) is 6.85. The lowest BCUT2D eigenvalue weighted by molar-refractivity contribution is -0.254. The van der Waals surface area contributed by atoms with E-state index in [1.165, 1.54) is 12.1 Å². The number of hydrogen-bond donors (Lipinski definition) is 0. The van der Waals surface area contributed by atoms with E-state index in [2.05, 4.69) is 4.98 Å². The number of carboxylic acid groups (broad SMARTS) is 1. The zero-order valence-corrected chi connectivity index (χ0v) is 12.7. The van der Waals surface area contributed by atoms with E-state index in [1.54, 1.807) is 36.4 Å². The number of thiazole rings is 1. The summed E-state index contributed by atoms with van der Waals surface area (Å²) in [7, 11) is 0. The van der Waals surface area contributed by atoms with Gasteiger partial charge >= 0.3 is 0 Å². The Morgan fingerprint density at radius 2 is 1.87 bits per heavy atom. The molecule has 0 bridgehead atoms. The quantitative estimate of drug-likeness (QED) is 0.738. The second-order valence-electron chi connectivity index (χ2n) is 4.77. The molecule has 1 heterocycles. The number of carbonyl (C=O) groups is 1. The number of carbonyl (C=O) groups excluding carboxylic acids is 1. The van der Waals surface area contributed by atoms with Crippen LogP contribution in [0.2, 0.25) is 0 Å². The normalized spacial score (nSPS) is 11.0. The van der Waals surface area contributed by atoms with Crippen molar-refractivity contribution in [3.8, 4) is 11.3 Å². The number of aromatic carboxylic acids is 1. The standard InChI is InChI=1S/C18H12FNO2S/c19-14-8-4-5-12(11-14)9-10-15-20-16(17(23-15)18(21)22)13-6-2-1-3-7-13/h1-11H,(H,21,22)/p-1/b10-9+. The van der Waals surface area contributed by atoms with Crippen LogP contribution in [0.15, 0.2) is 54.6 Å². The van der Waals surface area contributed by atoms with Crippen molar-refractivity contribution in [1.82, 2.24) is 4.98 Å². The monoisotopic (exact) mass is 324 g/mol. The number of hydrogen-bond acceptors (Lipinski definition) is 4. The molecule has 114 valence electrons. The third-order valence-corrected chi connectivity index (χ3v) is 4.14. The van der Waals surface area contributed by atoms with Gasteiger partial charge in [-0.3, -0.25) is 0 Å². The van der Waals surface area contributed by atoms with Crippen LogP contribution in [-0.2, 0) is 0 Å². The Balaban J connectivity index is 1.97. The maximum atomic E-state index is 13.2. The molecule has 0 N–H and O–H groups in total. The number of halogens is 1. The maximum absolute atomic E-state index is 13.2. The van der Waals surface area contributed by atoms with E-state index in [4.69, 9.17) is 0 Å². The Morgan fingerprint density at radius 1 is 1.09 bits per heavy atom. The molecule has 3 rings (SSSR count). The van der Waals surface area contributed by atoms with Crippen molar-refractivity contribution in [2.45, 2.75) is 0 Å². The predicted octanol–water partition coefficient (Wildman–Crippen LogP) is 3.48. The smallest absolute Gasteiger partial charge is 0.123 e. The summed E-state index contributed by atoms with van der Waals surface area (Å²) in [5.74, 6) is -1.58. The molecule has 0 atom stereocenters. The van der Waals surface area contributed by atoms with Crippen molar-refractivity contribution >= 4 is 29.5 Å². The Kier molecular flexibility index (Phi) is 4.30. The van der Waals surface area contributed by atoms with Gasteiger partial charge in [0.05, 0.1) is 16.5 Å². The lowest BCUT2D eigenvalue weighted by Crippen LogP contribution is -2.21. The summed E-state index contributed by atoms with van der Waals surface area (Å²) < 4.78 is 13.2. The van der Waals surface area contributed by atoms with Gasteiger partial charge in [0, 0.05) is 5.56 Å². The van der Waals surface area contributed by atoms with Crippen LogP contribution >= 0.6 is 11.3 Å². The van der Waals surface area contributed by atoms with Crippen molar-refractivity contribution < 1.29 is 14.3 Å². The first-order chi connectivity index (χ1) is 11.1. The molecule has 0 saturated carbocycles. The fourth-order valence-corrected chi connectivity index (χ4v) is 2.94. The molecule has 0 saturated heterocycles. The molecule has 0 aliphatic heterocycles. The molecule has 0 aliphatic rings. The van der Waals surface area contributed by atoms with Crippen molar-refractivity contribution in [3.63, 3.8) is 0 Å². The van der Waals surface area contributed by atoms with Gasteiger partial charge in [-0.2, -0.15) is 0 Å². The number of aromatic nitrogens is 1. The highest BCUT2D eigenvalue weighted by molar-refractivity contribution is 7.14. The van der Waals surface area contributed by atoms with Gasteiger partial charge in [-0.15, -0.1) is 11.3 Å². The number of carboxylic acids is 1. The fraction of sp³-hybridized carbons (Fsp3) is 0. The highest BCUT2D eigenvalue weighted by atomic mass is 32.1. The molecular weight excluding hydrogens is 313 g/mol. The Bertz CT molecular complexity index is 872. The van der Waals surface area contributed by atoms with Crippen molar-refractivity contribution in [2.75, 3.05) is 0 Å². The van der Waals surface area contributed by atoms with Crippen LogP contribution in [0, 0.1) is 5.82 Å². The van der Waals surface area contributed by atoms with Crippen LogP contribution in [0.3, 0.4) is 0 Å². The summed E-state index contributed by atoms with van der Waals surface area (Å²) in [6, 6.07) is 15.2. The summed E-state index contributed by atoms with van der Waals surface area (Å²) in [5.41, 5.74) is 1.78. The number of benzene rings is 2.